The van der Waals surface area contributed by atoms with Crippen LogP contribution in [0.5, 0.6) is 0 Å². The minimum atomic E-state index is -0.885. The number of likely N-dealkylation sites (tertiary alicyclic amines) is 1. The molecule has 0 aromatic heterocycles. The second-order valence-corrected chi connectivity index (χ2v) is 8.33. The topological polar surface area (TPSA) is 64.6 Å². The molecule has 1 aliphatic carbocycles. The molecular weight excluding hydrogens is 276 g/mol. The van der Waals surface area contributed by atoms with Gasteiger partial charge in [0.2, 0.25) is 0 Å². The molecule has 20 heavy (non-hydrogen) atoms. The lowest BCUT2D eigenvalue weighted by Gasteiger charge is -2.34. The summed E-state index contributed by atoms with van der Waals surface area (Å²) in [6.07, 6.45) is 3.99. The first kappa shape index (κ1) is 15.9. The number of hydrogen-bond donors (Lipinski definition) is 1. The van der Waals surface area contributed by atoms with Gasteiger partial charge in [0, 0.05) is 43.8 Å². The predicted molar refractivity (Wildman–Crippen MR) is 79.7 cm³/mol. The number of piperidine rings is 1. The third-order valence-electron chi connectivity index (χ3n) is 3.51. The molecule has 0 bridgehead atoms. The zero-order valence-corrected chi connectivity index (χ0v) is 13.5. The van der Waals surface area contributed by atoms with Crippen molar-refractivity contribution in [2.45, 2.75) is 57.3 Å². The molecule has 0 aromatic rings. The largest absolute Gasteiger partial charge is 0.598 e. The number of nitrogens with one attached hydrogen (secondary N) is 1. The van der Waals surface area contributed by atoms with Crippen molar-refractivity contribution in [2.24, 2.45) is 5.92 Å². The number of rotatable bonds is 4. The van der Waals surface area contributed by atoms with E-state index in [9.17, 15) is 9.35 Å². The van der Waals surface area contributed by atoms with E-state index < -0.39 is 17.0 Å². The van der Waals surface area contributed by atoms with Crippen molar-refractivity contribution in [3.63, 3.8) is 0 Å². The summed E-state index contributed by atoms with van der Waals surface area (Å²) >= 11 is -0.885. The van der Waals surface area contributed by atoms with Crippen LogP contribution in [0.25, 0.3) is 0 Å². The summed E-state index contributed by atoms with van der Waals surface area (Å²) in [4.78, 5) is 13.8. The van der Waals surface area contributed by atoms with Gasteiger partial charge in [0.15, 0.2) is 0 Å². The van der Waals surface area contributed by atoms with Crippen LogP contribution in [-0.4, -0.2) is 46.0 Å². The quantitative estimate of drug-likeness (QED) is 0.807. The Morgan fingerprint density at radius 2 is 2.10 bits per heavy atom. The smallest absolute Gasteiger partial charge is 0.410 e. The van der Waals surface area contributed by atoms with Crippen LogP contribution in [-0.2, 0) is 16.1 Å². The fourth-order valence-corrected chi connectivity index (χ4v) is 3.52. The fourth-order valence-electron chi connectivity index (χ4n) is 2.32. The highest BCUT2D eigenvalue weighted by Crippen LogP contribution is 2.27. The molecule has 1 N–H and O–H groups in total. The second kappa shape index (κ2) is 6.54. The molecule has 0 aromatic carbocycles. The summed E-state index contributed by atoms with van der Waals surface area (Å²) in [5.74, 6) is 0.374. The molecule has 1 amide bonds. The Labute approximate surface area is 124 Å². The average molecular weight is 302 g/mol. The summed E-state index contributed by atoms with van der Waals surface area (Å²) in [5.41, 5.74) is -0.449. The van der Waals surface area contributed by atoms with Gasteiger partial charge in [-0.1, -0.05) is 0 Å². The van der Waals surface area contributed by atoms with E-state index >= 15 is 0 Å². The summed E-state index contributed by atoms with van der Waals surface area (Å²) in [6, 6.07) is 0. The number of nitrogens with zero attached hydrogens (tertiary/aromatic N) is 1. The van der Waals surface area contributed by atoms with Gasteiger partial charge in [0.05, 0.1) is 0 Å². The fraction of sp³-hybridized carbons (Fsp3) is 0.929. The molecule has 1 saturated heterocycles. The van der Waals surface area contributed by atoms with E-state index in [1.807, 2.05) is 20.8 Å². The Balaban J connectivity index is 1.74. The van der Waals surface area contributed by atoms with Gasteiger partial charge in [-0.2, -0.15) is 0 Å². The maximum Gasteiger partial charge on any atom is 0.410 e. The molecule has 0 spiro atoms. The molecule has 6 heteroatoms. The lowest BCUT2D eigenvalue weighted by Crippen LogP contribution is -2.45. The lowest BCUT2D eigenvalue weighted by molar-refractivity contribution is 0.0169. The Morgan fingerprint density at radius 1 is 1.40 bits per heavy atom. The molecular formula is C14H26N2O3S. The predicted octanol–water partition coefficient (Wildman–Crippen LogP) is 2.05. The van der Waals surface area contributed by atoms with Gasteiger partial charge in [0.1, 0.15) is 10.9 Å². The van der Waals surface area contributed by atoms with Gasteiger partial charge in [-0.05, 0) is 39.5 Å². The Bertz CT molecular complexity index is 342. The number of amides is 1. The van der Waals surface area contributed by atoms with Crippen molar-refractivity contribution in [2.75, 3.05) is 19.6 Å². The summed E-state index contributed by atoms with van der Waals surface area (Å²) < 4.78 is 20.3. The number of hydrogen-bond acceptors (Lipinski definition) is 4. The Kier molecular flexibility index (Phi) is 5.20. The molecule has 116 valence electrons. The molecule has 0 radical (unpaired) electrons. The summed E-state index contributed by atoms with van der Waals surface area (Å²) in [7, 11) is 0. The molecule has 2 unspecified atom stereocenters. The SMILES string of the molecule is CC(C)(C)OC(=O)N1CCCC(CN[S+]([O-])C2CC2)C1. The summed E-state index contributed by atoms with van der Waals surface area (Å²) in [5, 5.41) is 0.362. The van der Waals surface area contributed by atoms with E-state index in [-0.39, 0.29) is 6.09 Å². The van der Waals surface area contributed by atoms with Crippen molar-refractivity contribution in [1.82, 2.24) is 9.62 Å². The highest BCUT2D eigenvalue weighted by molar-refractivity contribution is 7.90. The standard InChI is InChI=1S/C14H26N2O3S/c1-14(2,3)19-13(17)16-8-4-5-11(10-16)9-15-20(18)12-6-7-12/h11-12,15H,4-10H2,1-3H3. The zero-order valence-electron chi connectivity index (χ0n) is 12.7. The van der Waals surface area contributed by atoms with E-state index in [1.54, 1.807) is 4.90 Å². The van der Waals surface area contributed by atoms with Gasteiger partial charge >= 0.3 is 6.09 Å². The van der Waals surface area contributed by atoms with E-state index in [0.29, 0.717) is 17.7 Å². The van der Waals surface area contributed by atoms with Gasteiger partial charge in [-0.3, -0.25) is 0 Å². The van der Waals surface area contributed by atoms with Crippen LogP contribution in [0.1, 0.15) is 46.5 Å². The van der Waals surface area contributed by atoms with Crippen molar-refractivity contribution in [1.29, 1.82) is 0 Å². The molecule has 1 aliphatic heterocycles. The van der Waals surface area contributed by atoms with Gasteiger partial charge in [-0.25, -0.2) is 4.79 Å². The minimum Gasteiger partial charge on any atom is -0.598 e. The van der Waals surface area contributed by atoms with Crippen LogP contribution in [0.2, 0.25) is 0 Å². The van der Waals surface area contributed by atoms with Gasteiger partial charge < -0.3 is 14.2 Å². The van der Waals surface area contributed by atoms with Crippen molar-refractivity contribution in [3.05, 3.63) is 0 Å². The highest BCUT2D eigenvalue weighted by atomic mass is 32.2. The maximum absolute atomic E-state index is 12.0. The van der Waals surface area contributed by atoms with E-state index in [2.05, 4.69) is 4.72 Å². The normalized spacial score (nSPS) is 25.4. The van der Waals surface area contributed by atoms with Crippen molar-refractivity contribution in [3.8, 4) is 0 Å². The number of carbonyl (C=O) groups excluding carboxylic acids is 1. The Hall–Kier alpha value is -0.460. The second-order valence-electron chi connectivity index (χ2n) is 6.78. The first-order valence-electron chi connectivity index (χ1n) is 7.47. The third-order valence-corrected chi connectivity index (χ3v) is 5.04. The Morgan fingerprint density at radius 3 is 2.70 bits per heavy atom. The monoisotopic (exact) mass is 302 g/mol. The van der Waals surface area contributed by atoms with Crippen LogP contribution >= 0.6 is 0 Å². The summed E-state index contributed by atoms with van der Waals surface area (Å²) in [6.45, 7) is 7.83. The number of ether oxygens (including phenoxy) is 1. The average Bonchev–Trinajstić information content (AvgIpc) is 3.18. The maximum atomic E-state index is 12.0. The van der Waals surface area contributed by atoms with E-state index in [4.69, 9.17) is 4.74 Å². The van der Waals surface area contributed by atoms with Crippen molar-refractivity contribution >= 4 is 17.5 Å². The van der Waals surface area contributed by atoms with Crippen LogP contribution in [0.4, 0.5) is 4.79 Å². The van der Waals surface area contributed by atoms with E-state index in [1.165, 1.54) is 0 Å². The van der Waals surface area contributed by atoms with Crippen LogP contribution in [0, 0.1) is 5.92 Å². The molecule has 2 rings (SSSR count). The van der Waals surface area contributed by atoms with Crippen molar-refractivity contribution < 1.29 is 14.1 Å². The molecule has 2 aliphatic rings. The van der Waals surface area contributed by atoms with Gasteiger partial charge in [0.25, 0.3) is 0 Å². The first-order chi connectivity index (χ1) is 9.35. The third kappa shape index (κ3) is 5.14. The number of carbonyl (C=O) groups is 1. The lowest BCUT2D eigenvalue weighted by atomic mass is 9.99. The van der Waals surface area contributed by atoms with Crippen LogP contribution in [0.15, 0.2) is 0 Å². The first-order valence-corrected chi connectivity index (χ1v) is 8.68. The van der Waals surface area contributed by atoms with E-state index in [0.717, 1.165) is 38.8 Å². The van der Waals surface area contributed by atoms with Crippen LogP contribution < -0.4 is 4.72 Å². The zero-order chi connectivity index (χ0) is 14.8. The van der Waals surface area contributed by atoms with Crippen LogP contribution in [0.3, 0.4) is 0 Å². The molecule has 1 heterocycles. The highest BCUT2D eigenvalue weighted by Gasteiger charge is 2.35. The molecule has 2 fully saturated rings. The molecule has 5 nitrogen and oxygen atoms in total. The molecule has 1 saturated carbocycles. The molecule has 2 atom stereocenters. The minimum absolute atomic E-state index is 0.231. The van der Waals surface area contributed by atoms with Gasteiger partial charge in [-0.15, -0.1) is 4.72 Å².